The van der Waals surface area contributed by atoms with Crippen LogP contribution >= 0.6 is 0 Å². The van der Waals surface area contributed by atoms with Crippen LogP contribution in [0.4, 0.5) is 0 Å². The first-order chi connectivity index (χ1) is 8.71. The lowest BCUT2D eigenvalue weighted by Gasteiger charge is -2.22. The third-order valence-corrected chi connectivity index (χ3v) is 3.30. The number of likely N-dealkylation sites (N-methyl/N-ethyl adjacent to an activating group) is 1. The fourth-order valence-electron chi connectivity index (χ4n) is 2.37. The van der Waals surface area contributed by atoms with E-state index in [1.54, 1.807) is 7.11 Å². The maximum absolute atomic E-state index is 5.47. The van der Waals surface area contributed by atoms with E-state index in [1.807, 2.05) is 6.92 Å². The largest absolute Gasteiger partial charge is 0.383 e. The van der Waals surface area contributed by atoms with E-state index in [-0.39, 0.29) is 6.04 Å². The highest BCUT2D eigenvalue weighted by molar-refractivity contribution is 5.79. The molecule has 4 N–H and O–H groups in total. The average molecular weight is 257 g/mol. The first-order valence-electron chi connectivity index (χ1n) is 6.71. The lowest BCUT2D eigenvalue weighted by molar-refractivity contribution is 0.179. The van der Waals surface area contributed by atoms with Crippen molar-refractivity contribution < 1.29 is 4.74 Å². The molecule has 1 aliphatic heterocycles. The van der Waals surface area contributed by atoms with Crippen molar-refractivity contribution in [2.75, 3.05) is 33.4 Å². The van der Waals surface area contributed by atoms with Crippen LogP contribution in [-0.2, 0) is 4.74 Å². The summed E-state index contributed by atoms with van der Waals surface area (Å²) in [7, 11) is 1.68. The van der Waals surface area contributed by atoms with Gasteiger partial charge in [0.2, 0.25) is 5.96 Å². The Hall–Kier alpha value is -0.850. The van der Waals surface area contributed by atoms with Crippen molar-refractivity contribution in [3.05, 3.63) is 0 Å². The van der Waals surface area contributed by atoms with Gasteiger partial charge in [0.1, 0.15) is 0 Å². The number of nitrogens with zero attached hydrogens (tertiary/aromatic N) is 2. The highest BCUT2D eigenvalue weighted by Gasteiger charge is 2.22. The van der Waals surface area contributed by atoms with Gasteiger partial charge in [0.15, 0.2) is 0 Å². The van der Waals surface area contributed by atoms with E-state index >= 15 is 0 Å². The second kappa shape index (κ2) is 8.29. The quantitative estimate of drug-likeness (QED) is 0.268. The number of nitrogens with one attached hydrogen (secondary N) is 2. The van der Waals surface area contributed by atoms with Crippen LogP contribution in [0.5, 0.6) is 0 Å². The number of methoxy groups -OCH3 is 1. The molecule has 1 rings (SSSR count). The van der Waals surface area contributed by atoms with Gasteiger partial charge in [-0.3, -0.25) is 15.3 Å². The summed E-state index contributed by atoms with van der Waals surface area (Å²) in [5.74, 6) is 6.11. The summed E-state index contributed by atoms with van der Waals surface area (Å²) in [5, 5.41) is 3.19. The Labute approximate surface area is 110 Å². The lowest BCUT2D eigenvalue weighted by atomic mass is 10.2. The second-order valence-corrected chi connectivity index (χ2v) is 4.76. The van der Waals surface area contributed by atoms with Gasteiger partial charge in [0, 0.05) is 19.2 Å². The number of rotatable bonds is 6. The number of hydrogen-bond donors (Lipinski definition) is 3. The molecule has 0 saturated carbocycles. The molecule has 2 unspecified atom stereocenters. The van der Waals surface area contributed by atoms with Crippen LogP contribution in [0.15, 0.2) is 4.99 Å². The van der Waals surface area contributed by atoms with Gasteiger partial charge in [-0.05, 0) is 32.9 Å². The van der Waals surface area contributed by atoms with Crippen LogP contribution in [0, 0.1) is 0 Å². The van der Waals surface area contributed by atoms with Crippen molar-refractivity contribution in [3.63, 3.8) is 0 Å². The molecule has 1 aliphatic rings. The molecule has 0 aromatic rings. The summed E-state index contributed by atoms with van der Waals surface area (Å²) in [6.07, 6.45) is 2.50. The molecular weight excluding hydrogens is 230 g/mol. The third kappa shape index (κ3) is 4.80. The molecule has 6 nitrogen and oxygen atoms in total. The molecule has 1 heterocycles. The Balaban J connectivity index is 2.41. The minimum Gasteiger partial charge on any atom is -0.383 e. The standard InChI is InChI=1S/C12H27N5O/c1-4-17-7-5-6-11(17)8-14-12(16-13)15-10(2)9-18-3/h10-11H,4-9,13H2,1-3H3,(H2,14,15,16). The minimum atomic E-state index is 0.190. The van der Waals surface area contributed by atoms with Gasteiger partial charge in [-0.15, -0.1) is 0 Å². The summed E-state index contributed by atoms with van der Waals surface area (Å²) in [5.41, 5.74) is 2.61. The zero-order chi connectivity index (χ0) is 13.4. The van der Waals surface area contributed by atoms with E-state index in [2.05, 4.69) is 27.6 Å². The summed E-state index contributed by atoms with van der Waals surface area (Å²) >= 11 is 0. The Morgan fingerprint density at radius 2 is 2.39 bits per heavy atom. The van der Waals surface area contributed by atoms with E-state index in [0.29, 0.717) is 18.6 Å². The molecule has 0 aromatic carbocycles. The van der Waals surface area contributed by atoms with E-state index in [9.17, 15) is 0 Å². The van der Waals surface area contributed by atoms with Gasteiger partial charge in [-0.2, -0.15) is 0 Å². The predicted octanol–water partition coefficient (Wildman–Crippen LogP) is -0.0855. The van der Waals surface area contributed by atoms with E-state index < -0.39 is 0 Å². The molecule has 0 bridgehead atoms. The normalized spacial score (nSPS) is 23.1. The summed E-state index contributed by atoms with van der Waals surface area (Å²) in [4.78, 5) is 6.99. The van der Waals surface area contributed by atoms with Crippen LogP contribution < -0.4 is 16.6 Å². The number of nitrogens with two attached hydrogens (primary N) is 1. The zero-order valence-electron chi connectivity index (χ0n) is 11.8. The van der Waals surface area contributed by atoms with Gasteiger partial charge < -0.3 is 10.1 Å². The Bertz CT molecular complexity index is 259. The molecule has 6 heteroatoms. The number of guanidine groups is 1. The Kier molecular flexibility index (Phi) is 7.00. The lowest BCUT2D eigenvalue weighted by Crippen LogP contribution is -2.47. The summed E-state index contributed by atoms with van der Waals surface area (Å²) in [6.45, 7) is 7.94. The summed E-state index contributed by atoms with van der Waals surface area (Å²) < 4.78 is 5.07. The van der Waals surface area contributed by atoms with Crippen molar-refractivity contribution >= 4 is 5.96 Å². The van der Waals surface area contributed by atoms with E-state index in [1.165, 1.54) is 19.4 Å². The predicted molar refractivity (Wildman–Crippen MR) is 74.4 cm³/mol. The highest BCUT2D eigenvalue weighted by atomic mass is 16.5. The maximum atomic E-state index is 5.47. The van der Waals surface area contributed by atoms with Crippen LogP contribution in [0.2, 0.25) is 0 Å². The molecule has 2 atom stereocenters. The molecule has 18 heavy (non-hydrogen) atoms. The zero-order valence-corrected chi connectivity index (χ0v) is 11.8. The Morgan fingerprint density at radius 1 is 1.61 bits per heavy atom. The monoisotopic (exact) mass is 257 g/mol. The van der Waals surface area contributed by atoms with Gasteiger partial charge in [-0.1, -0.05) is 6.92 Å². The van der Waals surface area contributed by atoms with Crippen molar-refractivity contribution in [1.29, 1.82) is 0 Å². The number of aliphatic imine (C=N–C) groups is 1. The first kappa shape index (κ1) is 15.2. The molecule has 0 aliphatic carbocycles. The Morgan fingerprint density at radius 3 is 3.00 bits per heavy atom. The topological polar surface area (TPSA) is 74.9 Å². The molecule has 0 spiro atoms. The van der Waals surface area contributed by atoms with Crippen molar-refractivity contribution in [2.45, 2.75) is 38.8 Å². The number of likely N-dealkylation sites (tertiary alicyclic amines) is 1. The number of ether oxygens (including phenoxy) is 1. The third-order valence-electron chi connectivity index (χ3n) is 3.30. The number of hydrogen-bond acceptors (Lipinski definition) is 4. The van der Waals surface area contributed by atoms with E-state index in [0.717, 1.165) is 13.1 Å². The van der Waals surface area contributed by atoms with Crippen molar-refractivity contribution in [3.8, 4) is 0 Å². The maximum Gasteiger partial charge on any atom is 0.206 e. The molecule has 0 aromatic heterocycles. The van der Waals surface area contributed by atoms with Crippen molar-refractivity contribution in [1.82, 2.24) is 15.6 Å². The van der Waals surface area contributed by atoms with Crippen molar-refractivity contribution in [2.24, 2.45) is 10.8 Å². The minimum absolute atomic E-state index is 0.190. The molecule has 0 radical (unpaired) electrons. The number of hydrazine groups is 1. The fourth-order valence-corrected chi connectivity index (χ4v) is 2.37. The second-order valence-electron chi connectivity index (χ2n) is 4.76. The smallest absolute Gasteiger partial charge is 0.206 e. The van der Waals surface area contributed by atoms with E-state index in [4.69, 9.17) is 10.6 Å². The molecule has 106 valence electrons. The van der Waals surface area contributed by atoms with Gasteiger partial charge >= 0.3 is 0 Å². The molecule has 1 saturated heterocycles. The van der Waals surface area contributed by atoms with Crippen LogP contribution in [0.25, 0.3) is 0 Å². The van der Waals surface area contributed by atoms with Gasteiger partial charge in [0.25, 0.3) is 0 Å². The van der Waals surface area contributed by atoms with Crippen LogP contribution in [-0.4, -0.2) is 56.3 Å². The van der Waals surface area contributed by atoms with Crippen LogP contribution in [0.1, 0.15) is 26.7 Å². The highest BCUT2D eigenvalue weighted by Crippen LogP contribution is 2.16. The summed E-state index contributed by atoms with van der Waals surface area (Å²) in [6, 6.07) is 0.744. The SMILES string of the molecule is CCN1CCCC1CN=C(NN)NC(C)COC. The van der Waals surface area contributed by atoms with Gasteiger partial charge in [-0.25, -0.2) is 5.84 Å². The first-order valence-corrected chi connectivity index (χ1v) is 6.71. The molecular formula is C12H27N5O. The fraction of sp³-hybridized carbons (Fsp3) is 0.917. The molecule has 0 amide bonds. The van der Waals surface area contributed by atoms with Crippen LogP contribution in [0.3, 0.4) is 0 Å². The van der Waals surface area contributed by atoms with Gasteiger partial charge in [0.05, 0.1) is 13.2 Å². The average Bonchev–Trinajstić information content (AvgIpc) is 2.82. The molecule has 1 fully saturated rings.